The second-order valence-corrected chi connectivity index (χ2v) is 5.87. The summed E-state index contributed by atoms with van der Waals surface area (Å²) in [5, 5.41) is 2.08. The molecule has 1 aromatic heterocycles. The first-order valence-electron chi connectivity index (χ1n) is 5.28. The van der Waals surface area contributed by atoms with E-state index in [0.717, 1.165) is 16.9 Å². The van der Waals surface area contributed by atoms with Crippen LogP contribution in [0.1, 0.15) is 30.6 Å². The number of nitrogens with zero attached hydrogens (tertiary/aromatic N) is 1. The molecular weight excluding hydrogens is 272 g/mol. The Morgan fingerprint density at radius 1 is 1.53 bits per heavy atom. The smallest absolute Gasteiger partial charge is 0.0972 e. The van der Waals surface area contributed by atoms with Crippen molar-refractivity contribution in [2.75, 3.05) is 0 Å². The fraction of sp³-hybridized carbons (Fsp3) is 0.545. The van der Waals surface area contributed by atoms with Crippen molar-refractivity contribution in [1.29, 1.82) is 0 Å². The van der Waals surface area contributed by atoms with Crippen LogP contribution in [0.25, 0.3) is 0 Å². The molecule has 82 valence electrons. The summed E-state index contributed by atoms with van der Waals surface area (Å²) in [4.78, 5) is 5.74. The number of aliphatic imine (C=N–C) groups is 1. The average molecular weight is 287 g/mol. The van der Waals surface area contributed by atoms with Gasteiger partial charge in [-0.15, -0.1) is 11.3 Å². The molecule has 0 amide bonds. The Morgan fingerprint density at radius 2 is 2.27 bits per heavy atom. The lowest BCUT2D eigenvalue weighted by atomic mass is 10.1. The summed E-state index contributed by atoms with van der Waals surface area (Å²) < 4.78 is 1.14. The Bertz CT molecular complexity index is 353. The normalized spacial score (nSPS) is 18.6. The van der Waals surface area contributed by atoms with E-state index in [9.17, 15) is 0 Å². The highest BCUT2D eigenvalue weighted by Crippen LogP contribution is 2.25. The SMILES string of the molecule is NC(=NCc1cc(Br)cs1)C1CCCC1. The van der Waals surface area contributed by atoms with Gasteiger partial charge < -0.3 is 5.73 Å². The third kappa shape index (κ3) is 3.05. The minimum atomic E-state index is 0.549. The van der Waals surface area contributed by atoms with Crippen LogP contribution in [0, 0.1) is 5.92 Å². The number of hydrogen-bond acceptors (Lipinski definition) is 2. The molecule has 4 heteroatoms. The molecule has 0 aromatic carbocycles. The predicted molar refractivity (Wildman–Crippen MR) is 69.3 cm³/mol. The molecule has 15 heavy (non-hydrogen) atoms. The first-order valence-corrected chi connectivity index (χ1v) is 6.95. The number of nitrogens with two attached hydrogens (primary N) is 1. The van der Waals surface area contributed by atoms with Crippen LogP contribution in [0.2, 0.25) is 0 Å². The van der Waals surface area contributed by atoms with E-state index in [0.29, 0.717) is 5.92 Å². The molecule has 0 atom stereocenters. The number of amidine groups is 1. The van der Waals surface area contributed by atoms with E-state index in [4.69, 9.17) is 5.73 Å². The highest BCUT2D eigenvalue weighted by atomic mass is 79.9. The highest BCUT2D eigenvalue weighted by Gasteiger charge is 2.18. The van der Waals surface area contributed by atoms with Gasteiger partial charge in [-0.25, -0.2) is 0 Å². The van der Waals surface area contributed by atoms with Crippen molar-refractivity contribution in [2.45, 2.75) is 32.2 Å². The lowest BCUT2D eigenvalue weighted by molar-refractivity contribution is 0.716. The monoisotopic (exact) mass is 286 g/mol. The van der Waals surface area contributed by atoms with E-state index in [1.54, 1.807) is 11.3 Å². The molecule has 0 aliphatic heterocycles. The van der Waals surface area contributed by atoms with E-state index in [1.165, 1.54) is 30.6 Å². The zero-order chi connectivity index (χ0) is 10.7. The lowest BCUT2D eigenvalue weighted by Crippen LogP contribution is -2.21. The van der Waals surface area contributed by atoms with E-state index < -0.39 is 0 Å². The van der Waals surface area contributed by atoms with Gasteiger partial charge in [-0.2, -0.15) is 0 Å². The maximum absolute atomic E-state index is 5.98. The maximum Gasteiger partial charge on any atom is 0.0972 e. The lowest BCUT2D eigenvalue weighted by Gasteiger charge is -2.07. The third-order valence-electron chi connectivity index (χ3n) is 2.81. The maximum atomic E-state index is 5.98. The average Bonchev–Trinajstić information content (AvgIpc) is 2.84. The fourth-order valence-corrected chi connectivity index (χ4v) is 3.33. The topological polar surface area (TPSA) is 38.4 Å². The molecule has 0 bridgehead atoms. The molecule has 2 nitrogen and oxygen atoms in total. The summed E-state index contributed by atoms with van der Waals surface area (Å²) in [6.45, 7) is 0.735. The van der Waals surface area contributed by atoms with Gasteiger partial charge in [0.25, 0.3) is 0 Å². The number of halogens is 1. The molecule has 0 radical (unpaired) electrons. The molecule has 2 rings (SSSR count). The van der Waals surface area contributed by atoms with E-state index in [-0.39, 0.29) is 0 Å². The zero-order valence-corrected chi connectivity index (χ0v) is 11.0. The largest absolute Gasteiger partial charge is 0.387 e. The van der Waals surface area contributed by atoms with Crippen LogP contribution in [0.4, 0.5) is 0 Å². The molecule has 1 aliphatic carbocycles. The Labute approximate surface area is 103 Å². The summed E-state index contributed by atoms with van der Waals surface area (Å²) in [6, 6.07) is 2.11. The van der Waals surface area contributed by atoms with Crippen LogP contribution in [0.15, 0.2) is 20.9 Å². The minimum absolute atomic E-state index is 0.549. The van der Waals surface area contributed by atoms with Crippen molar-refractivity contribution in [1.82, 2.24) is 0 Å². The summed E-state index contributed by atoms with van der Waals surface area (Å²) in [7, 11) is 0. The van der Waals surface area contributed by atoms with E-state index in [2.05, 4.69) is 32.4 Å². The van der Waals surface area contributed by atoms with Gasteiger partial charge in [0.05, 0.1) is 12.4 Å². The van der Waals surface area contributed by atoms with Gasteiger partial charge in [0.15, 0.2) is 0 Å². The van der Waals surface area contributed by atoms with Crippen molar-refractivity contribution in [3.63, 3.8) is 0 Å². The molecule has 1 saturated carbocycles. The molecule has 0 spiro atoms. The second kappa shape index (κ2) is 5.12. The van der Waals surface area contributed by atoms with Gasteiger partial charge in [-0.3, -0.25) is 4.99 Å². The van der Waals surface area contributed by atoms with Gasteiger partial charge in [0.2, 0.25) is 0 Å². The van der Waals surface area contributed by atoms with Gasteiger partial charge in [0, 0.05) is 20.6 Å². The summed E-state index contributed by atoms with van der Waals surface area (Å²) >= 11 is 5.16. The molecule has 0 saturated heterocycles. The van der Waals surface area contributed by atoms with Crippen molar-refractivity contribution in [2.24, 2.45) is 16.6 Å². The second-order valence-electron chi connectivity index (χ2n) is 3.95. The predicted octanol–water partition coefficient (Wildman–Crippen LogP) is 3.56. The van der Waals surface area contributed by atoms with Gasteiger partial charge >= 0.3 is 0 Å². The standard InChI is InChI=1S/C11H15BrN2S/c12-9-5-10(15-7-9)6-14-11(13)8-3-1-2-4-8/h5,7-8H,1-4,6H2,(H2,13,14). The van der Waals surface area contributed by atoms with Crippen LogP contribution in [-0.4, -0.2) is 5.84 Å². The van der Waals surface area contributed by atoms with E-state index >= 15 is 0 Å². The minimum Gasteiger partial charge on any atom is -0.387 e. The van der Waals surface area contributed by atoms with Gasteiger partial charge in [-0.1, -0.05) is 12.8 Å². The summed E-state index contributed by atoms with van der Waals surface area (Å²) in [5.41, 5.74) is 5.98. The molecular formula is C11H15BrN2S. The van der Waals surface area contributed by atoms with Gasteiger partial charge in [-0.05, 0) is 34.8 Å². The van der Waals surface area contributed by atoms with Crippen molar-refractivity contribution >= 4 is 33.1 Å². The first-order chi connectivity index (χ1) is 7.25. The van der Waals surface area contributed by atoms with Crippen molar-refractivity contribution < 1.29 is 0 Å². The Hall–Kier alpha value is -0.350. The van der Waals surface area contributed by atoms with Crippen molar-refractivity contribution in [3.05, 3.63) is 20.8 Å². The Kier molecular flexibility index (Phi) is 3.81. The number of rotatable bonds is 3. The number of hydrogen-bond donors (Lipinski definition) is 1. The quantitative estimate of drug-likeness (QED) is 0.670. The molecule has 0 unspecified atom stereocenters. The Balaban J connectivity index is 1.92. The molecule has 1 fully saturated rings. The Morgan fingerprint density at radius 3 is 2.87 bits per heavy atom. The zero-order valence-electron chi connectivity index (χ0n) is 8.58. The molecule has 2 N–H and O–H groups in total. The molecule has 1 heterocycles. The highest BCUT2D eigenvalue weighted by molar-refractivity contribution is 9.10. The first kappa shape index (κ1) is 11.1. The van der Waals surface area contributed by atoms with E-state index in [1.807, 2.05) is 0 Å². The summed E-state index contributed by atoms with van der Waals surface area (Å²) in [5.74, 6) is 1.41. The van der Waals surface area contributed by atoms with Crippen LogP contribution in [0.5, 0.6) is 0 Å². The van der Waals surface area contributed by atoms with Crippen LogP contribution in [0.3, 0.4) is 0 Å². The molecule has 1 aromatic rings. The van der Waals surface area contributed by atoms with Crippen LogP contribution in [-0.2, 0) is 6.54 Å². The summed E-state index contributed by atoms with van der Waals surface area (Å²) in [6.07, 6.45) is 5.07. The van der Waals surface area contributed by atoms with Crippen LogP contribution >= 0.6 is 27.3 Å². The van der Waals surface area contributed by atoms with Crippen molar-refractivity contribution in [3.8, 4) is 0 Å². The third-order valence-corrected chi connectivity index (χ3v) is 4.50. The molecule has 1 aliphatic rings. The van der Waals surface area contributed by atoms with Gasteiger partial charge in [0.1, 0.15) is 0 Å². The number of thiophene rings is 1. The fourth-order valence-electron chi connectivity index (χ4n) is 1.96. The van der Waals surface area contributed by atoms with Crippen LogP contribution < -0.4 is 5.73 Å².